The van der Waals surface area contributed by atoms with Gasteiger partial charge in [-0.15, -0.1) is 5.10 Å². The van der Waals surface area contributed by atoms with Crippen LogP contribution in [0.1, 0.15) is 37.7 Å². The Kier molecular flexibility index (Phi) is 6.22. The molecule has 0 radical (unpaired) electrons. The number of rotatable bonds is 6. The standard InChI is InChI=1S/C21H21F2N5O.C4H6O2/c22-21(23)10-11-27(13-21)12-14-4-6-15(7-5-14)17-2-1-3-18-24-20(26-28(17)18)25-19(29)16-8-9-16;5-4(6)3-1-2-3/h1-7,16H,8-13H2,(H,25,26,29);3H,1-2H2,(H,5,6). The summed E-state index contributed by atoms with van der Waals surface area (Å²) in [5.74, 6) is -2.82. The van der Waals surface area contributed by atoms with Crippen molar-refractivity contribution in [3.8, 4) is 11.3 Å². The van der Waals surface area contributed by atoms with Gasteiger partial charge in [-0.25, -0.2) is 13.3 Å². The molecule has 0 spiro atoms. The Morgan fingerprint density at radius 2 is 1.77 bits per heavy atom. The van der Waals surface area contributed by atoms with Crippen molar-refractivity contribution < 1.29 is 23.5 Å². The number of carboxylic acids is 1. The molecule has 3 fully saturated rings. The second kappa shape index (κ2) is 9.33. The highest BCUT2D eigenvalue weighted by Crippen LogP contribution is 2.31. The van der Waals surface area contributed by atoms with Crippen molar-refractivity contribution in [3.05, 3.63) is 48.0 Å². The quantitative estimate of drug-likeness (QED) is 0.548. The summed E-state index contributed by atoms with van der Waals surface area (Å²) in [5.41, 5.74) is 3.43. The first-order valence-corrected chi connectivity index (χ1v) is 11.9. The van der Waals surface area contributed by atoms with Gasteiger partial charge < -0.3 is 5.11 Å². The van der Waals surface area contributed by atoms with Gasteiger partial charge in [-0.3, -0.25) is 19.8 Å². The number of halogens is 2. The van der Waals surface area contributed by atoms with Crippen molar-refractivity contribution in [2.24, 2.45) is 11.8 Å². The second-order valence-electron chi connectivity index (χ2n) is 9.51. The first-order valence-electron chi connectivity index (χ1n) is 11.9. The number of likely N-dealkylation sites (tertiary alicyclic amines) is 1. The van der Waals surface area contributed by atoms with E-state index in [0.717, 1.165) is 42.5 Å². The number of nitrogens with zero attached hydrogens (tertiary/aromatic N) is 4. The van der Waals surface area contributed by atoms with E-state index in [2.05, 4.69) is 15.4 Å². The van der Waals surface area contributed by atoms with E-state index in [1.54, 1.807) is 9.42 Å². The fourth-order valence-corrected chi connectivity index (χ4v) is 4.05. The number of hydrogen-bond donors (Lipinski definition) is 2. The molecular weight excluding hydrogens is 456 g/mol. The van der Waals surface area contributed by atoms with Crippen LogP contribution in [-0.4, -0.2) is 55.5 Å². The lowest BCUT2D eigenvalue weighted by molar-refractivity contribution is -0.138. The number of nitrogens with one attached hydrogen (secondary N) is 1. The molecule has 10 heteroatoms. The van der Waals surface area contributed by atoms with E-state index in [1.807, 2.05) is 42.5 Å². The average molecular weight is 484 g/mol. The molecule has 1 aromatic carbocycles. The van der Waals surface area contributed by atoms with E-state index < -0.39 is 11.9 Å². The van der Waals surface area contributed by atoms with Crippen molar-refractivity contribution in [2.75, 3.05) is 18.4 Å². The smallest absolute Gasteiger partial charge is 0.306 e. The van der Waals surface area contributed by atoms with Crippen LogP contribution in [0.5, 0.6) is 0 Å². The minimum Gasteiger partial charge on any atom is -0.481 e. The molecule has 8 nitrogen and oxygen atoms in total. The molecule has 0 bridgehead atoms. The van der Waals surface area contributed by atoms with Gasteiger partial charge in [0.1, 0.15) is 0 Å². The lowest BCUT2D eigenvalue weighted by Gasteiger charge is -2.15. The van der Waals surface area contributed by atoms with Crippen LogP contribution in [-0.2, 0) is 16.1 Å². The van der Waals surface area contributed by atoms with Crippen LogP contribution in [0.25, 0.3) is 16.9 Å². The van der Waals surface area contributed by atoms with Crippen LogP contribution >= 0.6 is 0 Å². The predicted molar refractivity (Wildman–Crippen MR) is 125 cm³/mol. The van der Waals surface area contributed by atoms with E-state index in [1.165, 1.54) is 0 Å². The van der Waals surface area contributed by atoms with Crippen LogP contribution in [0, 0.1) is 11.8 Å². The van der Waals surface area contributed by atoms with Crippen LogP contribution < -0.4 is 5.32 Å². The van der Waals surface area contributed by atoms with Gasteiger partial charge in [0.15, 0.2) is 5.65 Å². The molecule has 184 valence electrons. The van der Waals surface area contributed by atoms with Crippen LogP contribution in [0.3, 0.4) is 0 Å². The lowest BCUT2D eigenvalue weighted by atomic mass is 10.1. The molecule has 1 amide bonds. The number of alkyl halides is 2. The fourth-order valence-electron chi connectivity index (χ4n) is 4.05. The van der Waals surface area contributed by atoms with Gasteiger partial charge in [0.05, 0.1) is 18.2 Å². The van der Waals surface area contributed by atoms with Crippen LogP contribution in [0.4, 0.5) is 14.7 Å². The van der Waals surface area contributed by atoms with E-state index in [-0.39, 0.29) is 30.7 Å². The van der Waals surface area contributed by atoms with E-state index >= 15 is 0 Å². The van der Waals surface area contributed by atoms with Crippen LogP contribution in [0.2, 0.25) is 0 Å². The Balaban J connectivity index is 0.000000371. The molecule has 2 N–H and O–H groups in total. The number of fused-ring (bicyclic) bond motifs is 1. The summed E-state index contributed by atoms with van der Waals surface area (Å²) in [6.07, 6.45) is 3.57. The summed E-state index contributed by atoms with van der Waals surface area (Å²) in [6, 6.07) is 13.5. The van der Waals surface area contributed by atoms with Gasteiger partial charge in [0.25, 0.3) is 5.92 Å². The van der Waals surface area contributed by atoms with E-state index in [4.69, 9.17) is 5.11 Å². The fraction of sp³-hybridized carbons (Fsp3) is 0.440. The molecule has 3 aromatic rings. The van der Waals surface area contributed by atoms with Crippen molar-refractivity contribution in [1.29, 1.82) is 0 Å². The number of hydrogen-bond acceptors (Lipinski definition) is 5. The van der Waals surface area contributed by atoms with Gasteiger partial charge in [0.2, 0.25) is 11.9 Å². The molecule has 0 unspecified atom stereocenters. The summed E-state index contributed by atoms with van der Waals surface area (Å²) >= 11 is 0. The van der Waals surface area contributed by atoms with Gasteiger partial charge in [-0.2, -0.15) is 4.98 Å². The third-order valence-corrected chi connectivity index (χ3v) is 6.37. The molecule has 2 aromatic heterocycles. The number of benzene rings is 1. The normalized spacial score (nSPS) is 19.3. The van der Waals surface area contributed by atoms with E-state index in [0.29, 0.717) is 24.7 Å². The largest absolute Gasteiger partial charge is 0.481 e. The maximum absolute atomic E-state index is 13.4. The number of carboxylic acid groups (broad SMARTS) is 1. The molecule has 2 aliphatic carbocycles. The predicted octanol–water partition coefficient (Wildman–Crippen LogP) is 4.07. The zero-order valence-electron chi connectivity index (χ0n) is 19.2. The van der Waals surface area contributed by atoms with Gasteiger partial charge in [-0.1, -0.05) is 30.3 Å². The average Bonchev–Trinajstić information content (AvgIpc) is 3.74. The minimum absolute atomic E-state index is 0.0185. The van der Waals surface area contributed by atoms with Crippen molar-refractivity contribution in [3.63, 3.8) is 0 Å². The Labute approximate surface area is 201 Å². The monoisotopic (exact) mass is 483 g/mol. The highest BCUT2D eigenvalue weighted by atomic mass is 19.3. The molecular formula is C25H27F2N5O3. The first kappa shape index (κ1) is 23.3. The zero-order valence-corrected chi connectivity index (χ0v) is 19.2. The minimum atomic E-state index is -2.57. The summed E-state index contributed by atoms with van der Waals surface area (Å²) in [6.45, 7) is 0.755. The number of pyridine rings is 1. The number of aromatic nitrogens is 3. The highest BCUT2D eigenvalue weighted by molar-refractivity contribution is 5.92. The number of aliphatic carboxylic acids is 1. The Morgan fingerprint density at radius 3 is 2.34 bits per heavy atom. The molecule has 6 rings (SSSR count). The lowest BCUT2D eigenvalue weighted by Crippen LogP contribution is -2.24. The second-order valence-corrected chi connectivity index (χ2v) is 9.51. The van der Waals surface area contributed by atoms with Crippen molar-refractivity contribution in [2.45, 2.75) is 44.6 Å². The summed E-state index contributed by atoms with van der Waals surface area (Å²) in [7, 11) is 0. The number of amides is 1. The summed E-state index contributed by atoms with van der Waals surface area (Å²) in [5, 5.41) is 15.3. The first-order chi connectivity index (χ1) is 16.8. The Morgan fingerprint density at radius 1 is 1.06 bits per heavy atom. The van der Waals surface area contributed by atoms with E-state index in [9.17, 15) is 18.4 Å². The zero-order chi connectivity index (χ0) is 24.6. The SMILES string of the molecule is O=C(Nc1nc2cccc(-c3ccc(CN4CCC(F)(F)C4)cc3)n2n1)C1CC1.O=C(O)C1CC1. The third kappa shape index (κ3) is 5.82. The van der Waals surface area contributed by atoms with Gasteiger partial charge >= 0.3 is 5.97 Å². The Hall–Kier alpha value is -3.40. The third-order valence-electron chi connectivity index (χ3n) is 6.37. The number of carbonyl (C=O) groups excluding carboxylic acids is 1. The Bertz CT molecular complexity index is 1240. The number of anilines is 1. The molecule has 3 aliphatic rings. The van der Waals surface area contributed by atoms with Gasteiger partial charge in [0, 0.05) is 31.0 Å². The molecule has 0 atom stereocenters. The molecule has 1 aliphatic heterocycles. The van der Waals surface area contributed by atoms with Crippen molar-refractivity contribution in [1.82, 2.24) is 19.5 Å². The van der Waals surface area contributed by atoms with Crippen molar-refractivity contribution >= 4 is 23.5 Å². The van der Waals surface area contributed by atoms with Crippen LogP contribution in [0.15, 0.2) is 42.5 Å². The molecule has 2 saturated carbocycles. The highest BCUT2D eigenvalue weighted by Gasteiger charge is 2.37. The van der Waals surface area contributed by atoms with Gasteiger partial charge in [-0.05, 0) is 43.4 Å². The molecule has 3 heterocycles. The number of carbonyl (C=O) groups is 2. The topological polar surface area (TPSA) is 99.8 Å². The summed E-state index contributed by atoms with van der Waals surface area (Å²) < 4.78 is 28.5. The maximum atomic E-state index is 13.4. The molecule has 1 saturated heterocycles. The maximum Gasteiger partial charge on any atom is 0.306 e. The molecule has 35 heavy (non-hydrogen) atoms. The summed E-state index contributed by atoms with van der Waals surface area (Å²) in [4.78, 5) is 27.9.